The highest BCUT2D eigenvalue weighted by Gasteiger charge is 2.18. The number of amidine groups is 1. The molecule has 0 bridgehead atoms. The highest BCUT2D eigenvalue weighted by Crippen LogP contribution is 2.18. The molecule has 448 valence electrons. The van der Waals surface area contributed by atoms with Gasteiger partial charge in [0.1, 0.15) is 16.8 Å². The van der Waals surface area contributed by atoms with Gasteiger partial charge in [0.2, 0.25) is 23.4 Å². The van der Waals surface area contributed by atoms with Crippen molar-refractivity contribution in [1.29, 1.82) is 5.26 Å². The Kier molecular flexibility index (Phi) is 35.0. The summed E-state index contributed by atoms with van der Waals surface area (Å²) in [5.74, 6) is 4.69. The molecule has 6 rings (SSSR count). The molecule has 0 fully saturated rings. The van der Waals surface area contributed by atoms with E-state index in [1.165, 1.54) is 13.8 Å². The van der Waals surface area contributed by atoms with Crippen LogP contribution in [0, 0.1) is 25.2 Å². The third kappa shape index (κ3) is 34.4. The third-order valence-corrected chi connectivity index (χ3v) is 8.95. The molecule has 6 aromatic rings. The van der Waals surface area contributed by atoms with Crippen LogP contribution in [0.4, 0.5) is 14.4 Å². The molecule has 4 aromatic carbocycles. The second kappa shape index (κ2) is 38.1. The third-order valence-electron chi connectivity index (χ3n) is 8.95. The summed E-state index contributed by atoms with van der Waals surface area (Å²) in [6.45, 7) is 23.9. The molecule has 27 heteroatoms. The van der Waals surface area contributed by atoms with Crippen molar-refractivity contribution >= 4 is 60.9 Å². The van der Waals surface area contributed by atoms with E-state index in [9.17, 15) is 24.0 Å². The second-order valence-electron chi connectivity index (χ2n) is 19.5. The molecule has 0 unspecified atom stereocenters. The maximum absolute atomic E-state index is 11.6. The Bertz CT molecular complexity index is 2900. The van der Waals surface area contributed by atoms with Gasteiger partial charge in [0.25, 0.3) is 0 Å². The lowest BCUT2D eigenvalue weighted by molar-refractivity contribution is -0.156. The molecule has 25 nitrogen and oxygen atoms in total. The molecular formula is C55H76Cl2N12O13. The van der Waals surface area contributed by atoms with Crippen molar-refractivity contribution in [3.8, 4) is 28.8 Å². The van der Waals surface area contributed by atoms with E-state index in [-0.39, 0.29) is 30.6 Å². The van der Waals surface area contributed by atoms with E-state index in [2.05, 4.69) is 52.0 Å². The number of nitrogens with zero attached hydrogens (tertiary/aromatic N) is 6. The average molecular weight is 1180 g/mol. The fourth-order valence-electron chi connectivity index (χ4n) is 5.61. The Labute approximate surface area is 489 Å². The number of aromatic nitrogens is 4. The number of ether oxygens (including phenoxy) is 4. The van der Waals surface area contributed by atoms with Crippen LogP contribution in [-0.2, 0) is 54.7 Å². The van der Waals surface area contributed by atoms with Crippen LogP contribution < -0.4 is 33.3 Å². The van der Waals surface area contributed by atoms with Gasteiger partial charge in [-0.15, -0.1) is 24.8 Å². The largest absolute Gasteiger partial charge is 0.444 e. The summed E-state index contributed by atoms with van der Waals surface area (Å²) in [6.07, 6.45) is -1.34. The Balaban J connectivity index is 0. The fourth-order valence-corrected chi connectivity index (χ4v) is 5.61. The number of amides is 3. The van der Waals surface area contributed by atoms with E-state index < -0.39 is 47.0 Å². The number of nitrogens with one attached hydrogen (secondary N) is 3. The first kappa shape index (κ1) is 75.4. The first-order valence-corrected chi connectivity index (χ1v) is 24.4. The number of nitriles is 1. The van der Waals surface area contributed by atoms with Gasteiger partial charge < -0.3 is 65.8 Å². The Hall–Kier alpha value is -8.67. The van der Waals surface area contributed by atoms with Crippen LogP contribution >= 0.6 is 24.8 Å². The average Bonchev–Trinajstić information content (AvgIpc) is 4.05. The number of rotatable bonds is 10. The Morgan fingerprint density at radius 2 is 0.878 bits per heavy atom. The summed E-state index contributed by atoms with van der Waals surface area (Å²) in [5.41, 5.74) is 16.3. The molecular weight excluding hydrogens is 1110 g/mol. The zero-order valence-electron chi connectivity index (χ0n) is 48.2. The van der Waals surface area contributed by atoms with Crippen LogP contribution in [0.1, 0.15) is 121 Å². The first-order chi connectivity index (χ1) is 37.5. The number of hydrogen-bond donors (Lipinski definition) is 8. The first-order valence-electron chi connectivity index (χ1n) is 24.4. The van der Waals surface area contributed by atoms with Gasteiger partial charge in [0, 0.05) is 70.6 Å². The van der Waals surface area contributed by atoms with Crippen LogP contribution in [0.5, 0.6) is 0 Å². The molecule has 0 saturated carbocycles. The van der Waals surface area contributed by atoms with Gasteiger partial charge in [-0.1, -0.05) is 100 Å². The number of carbonyl (C=O) groups is 5. The summed E-state index contributed by atoms with van der Waals surface area (Å²) in [6, 6.07) is 31.4. The predicted molar refractivity (Wildman–Crippen MR) is 309 cm³/mol. The summed E-state index contributed by atoms with van der Waals surface area (Å²) in [7, 11) is 0. The minimum atomic E-state index is -0.562. The molecule has 0 aliphatic carbocycles. The molecule has 0 radical (unpaired) electrons. The normalized spacial score (nSPS) is 10.4. The molecule has 3 amide bonds. The molecule has 0 atom stereocenters. The standard InChI is InChI=1S/C15H19N3O3.C13H19N3O3.C13H16N2O2.C10H11N3O.C4H6O3.2ClH.H3NO/c1-10-17-13(18-21-10)12-7-5-11(6-8-12)9-16-14(19)20-15(2,3)4;1-13(2,3)19-12(17)15-8-9-4-6-10(7-5-9)11(14)16-18;1-13(2,3)17-12(16)15-9-11-6-4-10(8-14)5-7-11;1-7-12-10(13-14-7)9-4-2-8(6-11)3-5-9;1-3(5)7-4(2)6;;;1-2/h5-8H,9H2,1-4H3,(H,16,19);4-7,18H,8H2,1-3H3,(H2,14,16)(H,15,17);4-7H,9H2,1-3H3,(H,15,16);2-5H,6,11H2,1H3;1-2H3;2*1H;2H,1H2. The lowest BCUT2D eigenvalue weighted by Crippen LogP contribution is -2.32. The topological polar surface area (TPSA) is 391 Å². The van der Waals surface area contributed by atoms with Crippen LogP contribution in [0.25, 0.3) is 22.8 Å². The molecule has 11 N–H and O–H groups in total. The Morgan fingerprint density at radius 3 is 1.12 bits per heavy atom. The smallest absolute Gasteiger partial charge is 0.407 e. The number of esters is 2. The van der Waals surface area contributed by atoms with Gasteiger partial charge in [0.15, 0.2) is 5.84 Å². The molecule has 0 aliphatic heterocycles. The molecule has 0 aliphatic rings. The summed E-state index contributed by atoms with van der Waals surface area (Å²) in [5, 5.41) is 42.3. The SMILES string of the molecule is CC(=O)OC(C)=O.CC(C)(C)OC(=O)NCc1ccc(/C(N)=N\O)cc1.CC(C)(C)OC(=O)NCc1ccc(C#N)cc1.Cc1nc(-c2ccc(CN)cc2)no1.Cc1nc(-c2ccc(CNC(=O)OC(C)(C)C)cc2)no1.Cl.Cl.NO. The maximum atomic E-state index is 11.6. The number of oxime groups is 1. The van der Waals surface area contributed by atoms with Gasteiger partial charge in [-0.25, -0.2) is 20.3 Å². The lowest BCUT2D eigenvalue weighted by Gasteiger charge is -2.19. The van der Waals surface area contributed by atoms with Gasteiger partial charge in [-0.3, -0.25) is 9.59 Å². The van der Waals surface area contributed by atoms with Crippen molar-refractivity contribution in [2.75, 3.05) is 0 Å². The van der Waals surface area contributed by atoms with Crippen LogP contribution in [0.2, 0.25) is 0 Å². The highest BCUT2D eigenvalue weighted by atomic mass is 35.5. The van der Waals surface area contributed by atoms with Crippen molar-refractivity contribution in [2.24, 2.45) is 22.5 Å². The summed E-state index contributed by atoms with van der Waals surface area (Å²) >= 11 is 0. The molecule has 0 spiro atoms. The second-order valence-corrected chi connectivity index (χ2v) is 19.5. The number of hydrogen-bond acceptors (Lipinski definition) is 21. The van der Waals surface area contributed by atoms with E-state index in [0.717, 1.165) is 33.4 Å². The molecule has 2 heterocycles. The van der Waals surface area contributed by atoms with Crippen molar-refractivity contribution in [3.05, 3.63) is 142 Å². The quantitative estimate of drug-likeness (QED) is 0.0120. The minimum Gasteiger partial charge on any atom is -0.444 e. The van der Waals surface area contributed by atoms with Gasteiger partial charge in [-0.05, 0) is 96.7 Å². The van der Waals surface area contributed by atoms with E-state index in [4.69, 9.17) is 50.4 Å². The predicted octanol–water partition coefficient (Wildman–Crippen LogP) is 9.24. The Morgan fingerprint density at radius 1 is 0.573 bits per heavy atom. The van der Waals surface area contributed by atoms with Crippen molar-refractivity contribution < 1.29 is 62.4 Å². The van der Waals surface area contributed by atoms with Crippen LogP contribution in [-0.4, -0.2) is 83.6 Å². The van der Waals surface area contributed by atoms with E-state index in [1.807, 2.05) is 96.1 Å². The number of halogens is 2. The number of nitrogens with two attached hydrogens (primary N) is 3. The number of carbonyl (C=O) groups excluding carboxylic acids is 5. The van der Waals surface area contributed by atoms with E-state index in [0.29, 0.717) is 60.7 Å². The fraction of sp³-hybridized carbons (Fsp3) is 0.364. The number of aryl methyl sites for hydroxylation is 2. The van der Waals surface area contributed by atoms with Crippen LogP contribution in [0.15, 0.2) is 111 Å². The minimum absolute atomic E-state index is 0. The van der Waals surface area contributed by atoms with E-state index >= 15 is 0 Å². The maximum Gasteiger partial charge on any atom is 0.407 e. The van der Waals surface area contributed by atoms with Crippen molar-refractivity contribution in [2.45, 2.75) is 133 Å². The van der Waals surface area contributed by atoms with E-state index in [1.54, 1.807) is 83.1 Å². The summed E-state index contributed by atoms with van der Waals surface area (Å²) < 4.78 is 29.2. The van der Waals surface area contributed by atoms with Crippen LogP contribution in [0.3, 0.4) is 0 Å². The summed E-state index contributed by atoms with van der Waals surface area (Å²) in [4.78, 5) is 62.3. The van der Waals surface area contributed by atoms with Crippen molar-refractivity contribution in [1.82, 2.24) is 36.2 Å². The number of alkyl carbamates (subject to hydrolysis) is 3. The van der Waals surface area contributed by atoms with Gasteiger partial charge in [-0.2, -0.15) is 15.2 Å². The molecule has 0 saturated heterocycles. The van der Waals surface area contributed by atoms with Crippen molar-refractivity contribution in [3.63, 3.8) is 0 Å². The lowest BCUT2D eigenvalue weighted by atomic mass is 10.1. The monoisotopic (exact) mass is 1180 g/mol. The zero-order valence-corrected chi connectivity index (χ0v) is 49.8. The zero-order chi connectivity index (χ0) is 60.6. The van der Waals surface area contributed by atoms with Gasteiger partial charge in [0.05, 0.1) is 11.6 Å². The van der Waals surface area contributed by atoms with Gasteiger partial charge >= 0.3 is 30.2 Å². The molecule has 82 heavy (non-hydrogen) atoms. The molecule has 2 aromatic heterocycles. The number of benzene rings is 4. The highest BCUT2D eigenvalue weighted by molar-refractivity contribution is 5.97.